The monoisotopic (exact) mass is 351 g/mol. The number of carbonyl (C=O) groups is 4. The molecule has 140 valence electrons. The quantitative estimate of drug-likeness (QED) is 0.721. The highest BCUT2D eigenvalue weighted by Gasteiger charge is 2.45. The summed E-state index contributed by atoms with van der Waals surface area (Å²) in [6.07, 6.45) is 1.73. The number of imide groups is 1. The first kappa shape index (κ1) is 19.6. The Bertz CT molecular complexity index is 585. The van der Waals surface area contributed by atoms with Gasteiger partial charge in [-0.05, 0) is 24.2 Å². The number of ketones is 1. The highest BCUT2D eigenvalue weighted by atomic mass is 16.2. The number of nitrogens with zero attached hydrogens (tertiary/aromatic N) is 1. The third-order valence-corrected chi connectivity index (χ3v) is 5.43. The van der Waals surface area contributed by atoms with Crippen LogP contribution in [-0.2, 0) is 19.2 Å². The number of rotatable bonds is 4. The van der Waals surface area contributed by atoms with E-state index in [1.54, 1.807) is 0 Å². The molecule has 0 radical (unpaired) electrons. The molecule has 3 atom stereocenters. The molecule has 0 aromatic carbocycles. The van der Waals surface area contributed by atoms with Gasteiger partial charge in [-0.2, -0.15) is 0 Å². The van der Waals surface area contributed by atoms with Crippen LogP contribution >= 0.6 is 0 Å². The molecular weight excluding hydrogens is 322 g/mol. The second-order valence-electron chi connectivity index (χ2n) is 8.27. The zero-order valence-electron chi connectivity index (χ0n) is 15.5. The van der Waals surface area contributed by atoms with Crippen molar-refractivity contribution < 1.29 is 19.2 Å². The van der Waals surface area contributed by atoms with E-state index in [9.17, 15) is 19.2 Å². The van der Waals surface area contributed by atoms with Crippen molar-refractivity contribution in [3.05, 3.63) is 0 Å². The van der Waals surface area contributed by atoms with Gasteiger partial charge in [-0.3, -0.25) is 24.5 Å². The number of carbonyl (C=O) groups excluding carboxylic acids is 4. The number of nitrogens with two attached hydrogens (primary N) is 1. The van der Waals surface area contributed by atoms with E-state index in [1.807, 2.05) is 27.7 Å². The summed E-state index contributed by atoms with van der Waals surface area (Å²) in [4.78, 5) is 50.7. The molecule has 3 amide bonds. The van der Waals surface area contributed by atoms with E-state index in [-0.39, 0.29) is 24.0 Å². The van der Waals surface area contributed by atoms with Gasteiger partial charge < -0.3 is 10.6 Å². The topological polar surface area (TPSA) is 110 Å². The van der Waals surface area contributed by atoms with Crippen LogP contribution in [-0.4, -0.2) is 47.0 Å². The van der Waals surface area contributed by atoms with E-state index in [4.69, 9.17) is 5.73 Å². The zero-order valence-corrected chi connectivity index (χ0v) is 15.5. The normalized spacial score (nSPS) is 26.8. The van der Waals surface area contributed by atoms with Crippen LogP contribution in [0.25, 0.3) is 0 Å². The average Bonchev–Trinajstić information content (AvgIpc) is 3.09. The molecule has 1 saturated heterocycles. The molecule has 1 aliphatic heterocycles. The predicted octanol–water partition coefficient (Wildman–Crippen LogP) is 0.609. The Morgan fingerprint density at radius 1 is 1.24 bits per heavy atom. The Labute approximate surface area is 148 Å². The molecule has 1 unspecified atom stereocenters. The first-order valence-corrected chi connectivity index (χ1v) is 8.97. The van der Waals surface area contributed by atoms with Crippen molar-refractivity contribution in [2.24, 2.45) is 23.0 Å². The lowest BCUT2D eigenvalue weighted by Gasteiger charge is -2.29. The number of nitrogens with one attached hydrogen (secondary N) is 1. The predicted molar refractivity (Wildman–Crippen MR) is 92.2 cm³/mol. The molecule has 25 heavy (non-hydrogen) atoms. The minimum absolute atomic E-state index is 0.0243. The van der Waals surface area contributed by atoms with Crippen LogP contribution in [0.1, 0.15) is 53.4 Å². The van der Waals surface area contributed by atoms with Gasteiger partial charge in [-0.15, -0.1) is 0 Å². The lowest BCUT2D eigenvalue weighted by Crippen LogP contribution is -2.54. The fourth-order valence-corrected chi connectivity index (χ4v) is 3.73. The first-order valence-electron chi connectivity index (χ1n) is 8.97. The maximum Gasteiger partial charge on any atom is 0.249 e. The van der Waals surface area contributed by atoms with E-state index in [1.165, 1.54) is 4.90 Å². The van der Waals surface area contributed by atoms with Gasteiger partial charge in [0, 0.05) is 19.4 Å². The van der Waals surface area contributed by atoms with Crippen LogP contribution in [0.15, 0.2) is 0 Å². The molecule has 3 N–H and O–H groups in total. The summed E-state index contributed by atoms with van der Waals surface area (Å²) >= 11 is 0. The van der Waals surface area contributed by atoms with Gasteiger partial charge in [-0.1, -0.05) is 27.7 Å². The number of hydrogen-bond acceptors (Lipinski definition) is 5. The molecule has 0 bridgehead atoms. The molecule has 0 spiro atoms. The Balaban J connectivity index is 2.03. The molecule has 0 aromatic heterocycles. The maximum atomic E-state index is 12.6. The summed E-state index contributed by atoms with van der Waals surface area (Å²) in [7, 11) is 0. The third kappa shape index (κ3) is 4.08. The molecular formula is C18H29N3O4. The fraction of sp³-hybridized carbons (Fsp3) is 0.778. The lowest BCUT2D eigenvalue weighted by molar-refractivity contribution is -0.143. The van der Waals surface area contributed by atoms with Crippen LogP contribution in [0.5, 0.6) is 0 Å². The van der Waals surface area contributed by atoms with E-state index in [0.717, 1.165) is 0 Å². The Morgan fingerprint density at radius 2 is 1.88 bits per heavy atom. The Kier molecular flexibility index (Phi) is 5.66. The molecule has 1 heterocycles. The molecule has 2 aliphatic rings. The van der Waals surface area contributed by atoms with Crippen LogP contribution in [0, 0.1) is 17.3 Å². The van der Waals surface area contributed by atoms with Gasteiger partial charge in [0.1, 0.15) is 11.8 Å². The average molecular weight is 351 g/mol. The summed E-state index contributed by atoms with van der Waals surface area (Å²) in [5.41, 5.74) is 5.47. The summed E-state index contributed by atoms with van der Waals surface area (Å²) in [5.74, 6) is -1.64. The van der Waals surface area contributed by atoms with Gasteiger partial charge in [-0.25, -0.2) is 0 Å². The van der Waals surface area contributed by atoms with Gasteiger partial charge in [0.25, 0.3) is 0 Å². The lowest BCUT2D eigenvalue weighted by atomic mass is 9.81. The summed E-state index contributed by atoms with van der Waals surface area (Å²) < 4.78 is 0. The summed E-state index contributed by atoms with van der Waals surface area (Å²) in [6, 6.07) is -1.32. The van der Waals surface area contributed by atoms with Crippen LogP contribution < -0.4 is 11.1 Å². The van der Waals surface area contributed by atoms with Crippen molar-refractivity contribution in [1.29, 1.82) is 0 Å². The van der Waals surface area contributed by atoms with Crippen molar-refractivity contribution in [3.8, 4) is 0 Å². The summed E-state index contributed by atoms with van der Waals surface area (Å²) in [5, 5.41) is 2.43. The zero-order chi connectivity index (χ0) is 18.9. The second-order valence-corrected chi connectivity index (χ2v) is 8.27. The van der Waals surface area contributed by atoms with Crippen molar-refractivity contribution in [1.82, 2.24) is 10.2 Å². The van der Waals surface area contributed by atoms with Crippen LogP contribution in [0.2, 0.25) is 0 Å². The minimum Gasteiger partial charge on any atom is -0.329 e. The van der Waals surface area contributed by atoms with Crippen LogP contribution in [0.3, 0.4) is 0 Å². The van der Waals surface area contributed by atoms with Gasteiger partial charge in [0.05, 0.1) is 12.0 Å². The molecule has 7 heteroatoms. The van der Waals surface area contributed by atoms with Crippen molar-refractivity contribution in [2.75, 3.05) is 6.54 Å². The number of hydrogen-bond donors (Lipinski definition) is 2. The SMILES string of the molecule is CC(C)[C@H](N)C(=O)N1CCC[C@H]1C(=O)NC(=O)C1CC(=O)CC1(C)C. The summed E-state index contributed by atoms with van der Waals surface area (Å²) in [6.45, 7) is 7.91. The van der Waals surface area contributed by atoms with Crippen LogP contribution in [0.4, 0.5) is 0 Å². The van der Waals surface area contributed by atoms with E-state index >= 15 is 0 Å². The largest absolute Gasteiger partial charge is 0.329 e. The van der Waals surface area contributed by atoms with Gasteiger partial charge in [0.15, 0.2) is 0 Å². The second kappa shape index (κ2) is 7.23. The first-order chi connectivity index (χ1) is 11.5. The maximum absolute atomic E-state index is 12.6. The van der Waals surface area contributed by atoms with Crippen molar-refractivity contribution in [2.45, 2.75) is 65.5 Å². The number of likely N-dealkylation sites (tertiary alicyclic amines) is 1. The molecule has 1 aliphatic carbocycles. The number of Topliss-reactive ketones (excluding diaryl/α,β-unsaturated/α-hetero) is 1. The highest BCUT2D eigenvalue weighted by molar-refractivity contribution is 6.03. The Hall–Kier alpha value is -1.76. The highest BCUT2D eigenvalue weighted by Crippen LogP contribution is 2.40. The molecule has 2 rings (SSSR count). The minimum atomic E-state index is -0.665. The van der Waals surface area contributed by atoms with E-state index in [0.29, 0.717) is 25.8 Å². The smallest absolute Gasteiger partial charge is 0.249 e. The molecule has 1 saturated carbocycles. The number of amides is 3. The molecule has 7 nitrogen and oxygen atoms in total. The van der Waals surface area contributed by atoms with Crippen molar-refractivity contribution >= 4 is 23.5 Å². The molecule has 0 aromatic rings. The van der Waals surface area contributed by atoms with Gasteiger partial charge >= 0.3 is 0 Å². The molecule has 2 fully saturated rings. The fourth-order valence-electron chi connectivity index (χ4n) is 3.73. The third-order valence-electron chi connectivity index (χ3n) is 5.43. The van der Waals surface area contributed by atoms with E-state index < -0.39 is 35.2 Å². The Morgan fingerprint density at radius 3 is 2.40 bits per heavy atom. The van der Waals surface area contributed by atoms with Crippen molar-refractivity contribution in [3.63, 3.8) is 0 Å². The van der Waals surface area contributed by atoms with E-state index in [2.05, 4.69) is 5.32 Å². The van der Waals surface area contributed by atoms with Gasteiger partial charge in [0.2, 0.25) is 17.7 Å². The standard InChI is InChI=1S/C18H29N3O4/c1-10(2)14(19)17(25)21-7-5-6-13(21)16(24)20-15(23)12-8-11(22)9-18(12,3)4/h10,12-14H,5-9,19H2,1-4H3,(H,20,23,24)/t12?,13-,14-/m0/s1.